The lowest BCUT2D eigenvalue weighted by atomic mass is 9.67. The van der Waals surface area contributed by atoms with E-state index in [9.17, 15) is 4.79 Å². The number of amidine groups is 1. The zero-order valence-electron chi connectivity index (χ0n) is 11.1. The highest BCUT2D eigenvalue weighted by Gasteiger charge is 2.49. The van der Waals surface area contributed by atoms with Gasteiger partial charge in [0.15, 0.2) is 5.84 Å². The normalized spacial score (nSPS) is 17.9. The molecule has 104 valence electrons. The number of thiazole rings is 1. The zero-order valence-corrected chi connectivity index (χ0v) is 11.9. The Kier molecular flexibility index (Phi) is 3.75. The Morgan fingerprint density at radius 2 is 2.37 bits per heavy atom. The Morgan fingerprint density at radius 3 is 2.79 bits per heavy atom. The minimum atomic E-state index is -0.811. The van der Waals surface area contributed by atoms with Gasteiger partial charge in [0.1, 0.15) is 5.41 Å². The van der Waals surface area contributed by atoms with Crippen LogP contribution in [0, 0.1) is 12.3 Å². The molecular formula is C12H18N4O2S. The van der Waals surface area contributed by atoms with Crippen molar-refractivity contribution >= 4 is 23.1 Å². The van der Waals surface area contributed by atoms with Crippen LogP contribution in [0.15, 0.2) is 10.5 Å². The molecule has 0 spiro atoms. The lowest BCUT2D eigenvalue weighted by Gasteiger charge is -2.41. The molecule has 1 fully saturated rings. The van der Waals surface area contributed by atoms with E-state index in [2.05, 4.69) is 10.1 Å². The van der Waals surface area contributed by atoms with Crippen molar-refractivity contribution in [2.45, 2.75) is 32.7 Å². The number of aromatic nitrogens is 1. The van der Waals surface area contributed by atoms with Crippen LogP contribution in [-0.2, 0) is 11.3 Å². The van der Waals surface area contributed by atoms with Gasteiger partial charge < -0.3 is 15.8 Å². The van der Waals surface area contributed by atoms with E-state index in [1.165, 1.54) is 0 Å². The molecule has 1 aromatic heterocycles. The minimum absolute atomic E-state index is 0.0186. The van der Waals surface area contributed by atoms with Gasteiger partial charge in [-0.15, -0.1) is 11.3 Å². The summed E-state index contributed by atoms with van der Waals surface area (Å²) >= 11 is 1.56. The van der Waals surface area contributed by atoms with Crippen molar-refractivity contribution in [2.24, 2.45) is 16.3 Å². The fourth-order valence-electron chi connectivity index (χ4n) is 2.37. The Balaban J connectivity index is 2.10. The molecule has 19 heavy (non-hydrogen) atoms. The number of rotatable bonds is 4. The third-order valence-corrected chi connectivity index (χ3v) is 4.45. The Morgan fingerprint density at radius 1 is 1.68 bits per heavy atom. The fraction of sp³-hybridized carbons (Fsp3) is 0.583. The Labute approximate surface area is 115 Å². The maximum atomic E-state index is 12.5. The van der Waals surface area contributed by atoms with Gasteiger partial charge in [-0.25, -0.2) is 4.98 Å². The van der Waals surface area contributed by atoms with Gasteiger partial charge in [-0.3, -0.25) is 4.79 Å². The third kappa shape index (κ3) is 2.42. The predicted molar refractivity (Wildman–Crippen MR) is 73.0 cm³/mol. The average molecular weight is 282 g/mol. The van der Waals surface area contributed by atoms with Crippen molar-refractivity contribution in [1.82, 2.24) is 9.88 Å². The molecule has 1 aliphatic carbocycles. The molecule has 0 radical (unpaired) electrons. The molecule has 0 aliphatic heterocycles. The molecule has 0 atom stereocenters. The predicted octanol–water partition coefficient (Wildman–Crippen LogP) is 1.33. The van der Waals surface area contributed by atoms with E-state index >= 15 is 0 Å². The van der Waals surface area contributed by atoms with Crippen LogP contribution in [0.1, 0.15) is 30.0 Å². The number of oxime groups is 1. The quantitative estimate of drug-likeness (QED) is 0.377. The van der Waals surface area contributed by atoms with Gasteiger partial charge in [-0.1, -0.05) is 11.6 Å². The molecule has 2 rings (SSSR count). The fourth-order valence-corrected chi connectivity index (χ4v) is 2.97. The second-order valence-corrected chi connectivity index (χ2v) is 6.00. The molecule has 3 N–H and O–H groups in total. The number of carbonyl (C=O) groups excluding carboxylic acids is 1. The number of carbonyl (C=O) groups is 1. The van der Waals surface area contributed by atoms with Crippen LogP contribution >= 0.6 is 11.3 Å². The number of amides is 1. The van der Waals surface area contributed by atoms with Gasteiger partial charge in [-0.2, -0.15) is 0 Å². The standard InChI is InChI=1S/C12H18N4O2S/c1-8-14-9(7-19-8)6-16(2)11(17)12(4-3-5-12)10(13)15-18/h7,18H,3-6H2,1-2H3,(H2,13,15). The summed E-state index contributed by atoms with van der Waals surface area (Å²) in [6.45, 7) is 2.38. The van der Waals surface area contributed by atoms with Gasteiger partial charge in [0.05, 0.1) is 17.2 Å². The van der Waals surface area contributed by atoms with E-state index in [-0.39, 0.29) is 11.7 Å². The number of hydrogen-bond acceptors (Lipinski definition) is 5. The highest BCUT2D eigenvalue weighted by molar-refractivity contribution is 7.09. The maximum absolute atomic E-state index is 12.5. The van der Waals surface area contributed by atoms with Crippen LogP contribution in [0.3, 0.4) is 0 Å². The molecule has 1 aliphatic rings. The first-order valence-electron chi connectivity index (χ1n) is 6.14. The van der Waals surface area contributed by atoms with Crippen LogP contribution < -0.4 is 5.73 Å². The lowest BCUT2D eigenvalue weighted by molar-refractivity contribution is -0.141. The highest BCUT2D eigenvalue weighted by atomic mass is 32.1. The maximum Gasteiger partial charge on any atom is 0.236 e. The van der Waals surface area contributed by atoms with E-state index in [1.54, 1.807) is 23.3 Å². The van der Waals surface area contributed by atoms with Crippen LogP contribution in [0.25, 0.3) is 0 Å². The van der Waals surface area contributed by atoms with Crippen LogP contribution in [0.2, 0.25) is 0 Å². The lowest BCUT2D eigenvalue weighted by Crippen LogP contribution is -2.54. The summed E-state index contributed by atoms with van der Waals surface area (Å²) in [6.07, 6.45) is 2.20. The summed E-state index contributed by atoms with van der Waals surface area (Å²) in [5, 5.41) is 14.8. The topological polar surface area (TPSA) is 91.8 Å². The summed E-state index contributed by atoms with van der Waals surface area (Å²) in [7, 11) is 1.72. The molecule has 1 aromatic rings. The number of aryl methyl sites for hydroxylation is 1. The average Bonchev–Trinajstić information content (AvgIpc) is 2.72. The van der Waals surface area contributed by atoms with E-state index in [1.807, 2.05) is 12.3 Å². The number of hydrogen-bond donors (Lipinski definition) is 2. The molecule has 1 saturated carbocycles. The van der Waals surface area contributed by atoms with E-state index < -0.39 is 5.41 Å². The Hall–Kier alpha value is -1.63. The van der Waals surface area contributed by atoms with Crippen molar-refractivity contribution in [1.29, 1.82) is 0 Å². The summed E-state index contributed by atoms with van der Waals surface area (Å²) in [5.74, 6) is -0.0789. The molecule has 0 unspecified atom stereocenters. The van der Waals surface area contributed by atoms with Crippen molar-refractivity contribution < 1.29 is 10.0 Å². The molecule has 7 heteroatoms. The molecular weight excluding hydrogens is 264 g/mol. The molecule has 1 amide bonds. The molecule has 6 nitrogen and oxygen atoms in total. The second kappa shape index (κ2) is 5.16. The molecule has 1 heterocycles. The van der Waals surface area contributed by atoms with Gasteiger partial charge in [0.2, 0.25) is 5.91 Å². The summed E-state index contributed by atoms with van der Waals surface area (Å²) in [4.78, 5) is 18.4. The summed E-state index contributed by atoms with van der Waals surface area (Å²) in [5.41, 5.74) is 5.75. The molecule has 0 aromatic carbocycles. The van der Waals surface area contributed by atoms with E-state index in [4.69, 9.17) is 10.9 Å². The SMILES string of the molecule is Cc1nc(CN(C)C(=O)C2(C(N)=NO)CCC2)cs1. The zero-order chi connectivity index (χ0) is 14.0. The first kappa shape index (κ1) is 13.8. The van der Waals surface area contributed by atoms with Gasteiger partial charge in [0.25, 0.3) is 0 Å². The summed E-state index contributed by atoms with van der Waals surface area (Å²) < 4.78 is 0. The van der Waals surface area contributed by atoms with Gasteiger partial charge >= 0.3 is 0 Å². The van der Waals surface area contributed by atoms with E-state index in [0.717, 1.165) is 17.1 Å². The second-order valence-electron chi connectivity index (χ2n) is 4.94. The van der Waals surface area contributed by atoms with Crippen molar-refractivity contribution in [2.75, 3.05) is 7.05 Å². The minimum Gasteiger partial charge on any atom is -0.409 e. The highest BCUT2D eigenvalue weighted by Crippen LogP contribution is 2.42. The third-order valence-electron chi connectivity index (χ3n) is 3.63. The molecule has 0 saturated heterocycles. The number of nitrogens with zero attached hydrogens (tertiary/aromatic N) is 3. The van der Waals surface area contributed by atoms with Crippen LogP contribution in [-0.4, -0.2) is 33.9 Å². The first-order chi connectivity index (χ1) is 8.99. The van der Waals surface area contributed by atoms with Crippen molar-refractivity contribution in [3.05, 3.63) is 16.1 Å². The van der Waals surface area contributed by atoms with Crippen LogP contribution in [0.5, 0.6) is 0 Å². The Bertz CT molecular complexity index is 508. The van der Waals surface area contributed by atoms with Crippen molar-refractivity contribution in [3.8, 4) is 0 Å². The van der Waals surface area contributed by atoms with Crippen molar-refractivity contribution in [3.63, 3.8) is 0 Å². The van der Waals surface area contributed by atoms with Gasteiger partial charge in [0, 0.05) is 12.4 Å². The molecule has 0 bridgehead atoms. The summed E-state index contributed by atoms with van der Waals surface area (Å²) in [6, 6.07) is 0. The first-order valence-corrected chi connectivity index (χ1v) is 7.02. The smallest absolute Gasteiger partial charge is 0.236 e. The van der Waals surface area contributed by atoms with Gasteiger partial charge in [-0.05, 0) is 19.8 Å². The monoisotopic (exact) mass is 282 g/mol. The number of nitrogens with two attached hydrogens (primary N) is 1. The van der Waals surface area contributed by atoms with Crippen LogP contribution in [0.4, 0.5) is 0 Å². The van der Waals surface area contributed by atoms with E-state index in [0.29, 0.717) is 19.4 Å². The largest absolute Gasteiger partial charge is 0.409 e.